The summed E-state index contributed by atoms with van der Waals surface area (Å²) in [5.74, 6) is 0. The molecule has 8 nitrogen and oxygen atoms in total. The Hall–Kier alpha value is -1.54. The van der Waals surface area contributed by atoms with Crippen LogP contribution in [0.25, 0.3) is 0 Å². The summed E-state index contributed by atoms with van der Waals surface area (Å²) in [6, 6.07) is 0. The average Bonchev–Trinajstić information content (AvgIpc) is 2.11. The van der Waals surface area contributed by atoms with Gasteiger partial charge in [0.25, 0.3) is 0 Å². The number of hydrogen-bond donors (Lipinski definition) is 5. The largest absolute Gasteiger partial charge is 0.503 e. The van der Waals surface area contributed by atoms with Crippen LogP contribution < -0.4 is 0 Å². The van der Waals surface area contributed by atoms with Gasteiger partial charge in [-0.15, -0.1) is 0 Å². The van der Waals surface area contributed by atoms with E-state index in [1.54, 1.807) is 0 Å². The normalized spacial score (nSPS) is 7.88. The van der Waals surface area contributed by atoms with Gasteiger partial charge in [-0.05, 0) is 6.42 Å². The van der Waals surface area contributed by atoms with Crippen molar-refractivity contribution in [2.24, 2.45) is 0 Å². The zero-order chi connectivity index (χ0) is 13.4. The molecule has 0 atom stereocenters. The van der Waals surface area contributed by atoms with Crippen LogP contribution in [0.3, 0.4) is 0 Å². The Morgan fingerprint density at radius 2 is 1.31 bits per heavy atom. The van der Waals surface area contributed by atoms with Gasteiger partial charge in [-0.2, -0.15) is 0 Å². The van der Waals surface area contributed by atoms with E-state index < -0.39 is 12.3 Å². The lowest BCUT2D eigenvalue weighted by Crippen LogP contribution is -1.87. The van der Waals surface area contributed by atoms with E-state index in [0.717, 1.165) is 12.8 Å². The fraction of sp³-hybridized carbons (Fsp3) is 0.750. The lowest BCUT2D eigenvalue weighted by molar-refractivity contribution is -0.242. The molecular formula is C8H18O8. The van der Waals surface area contributed by atoms with E-state index in [9.17, 15) is 0 Å². The van der Waals surface area contributed by atoms with Gasteiger partial charge in [0.05, 0.1) is 6.61 Å². The van der Waals surface area contributed by atoms with Gasteiger partial charge in [0.1, 0.15) is 0 Å². The molecule has 0 aliphatic carbocycles. The van der Waals surface area contributed by atoms with Crippen molar-refractivity contribution in [2.75, 3.05) is 6.61 Å². The molecule has 0 aromatic heterocycles. The number of rotatable bonds is 5. The van der Waals surface area contributed by atoms with E-state index >= 15 is 0 Å². The Bertz CT molecular complexity index is 132. The van der Waals surface area contributed by atoms with E-state index in [1.807, 2.05) is 0 Å². The summed E-state index contributed by atoms with van der Waals surface area (Å²) < 4.78 is 0. The lowest BCUT2D eigenvalue weighted by atomic mass is 10.2. The van der Waals surface area contributed by atoms with Gasteiger partial charge < -0.3 is 20.4 Å². The quantitative estimate of drug-likeness (QED) is 0.281. The molecule has 0 spiro atoms. The van der Waals surface area contributed by atoms with Gasteiger partial charge in [0.15, 0.2) is 0 Å². The Morgan fingerprint density at radius 3 is 1.56 bits per heavy atom. The van der Waals surface area contributed by atoms with Gasteiger partial charge >= 0.3 is 12.3 Å². The van der Waals surface area contributed by atoms with Crippen molar-refractivity contribution >= 4 is 12.3 Å². The van der Waals surface area contributed by atoms with Crippen LogP contribution in [0.2, 0.25) is 0 Å². The van der Waals surface area contributed by atoms with Crippen LogP contribution in [0.4, 0.5) is 9.59 Å². The van der Waals surface area contributed by atoms with E-state index in [2.05, 4.69) is 11.8 Å². The molecule has 0 rings (SSSR count). The first-order valence-electron chi connectivity index (χ1n) is 4.48. The van der Waals surface area contributed by atoms with E-state index in [1.165, 1.54) is 12.8 Å². The van der Waals surface area contributed by atoms with E-state index in [4.69, 9.17) is 35.3 Å². The molecule has 98 valence electrons. The number of unbranched alkanes of at least 4 members (excludes halogenated alkanes) is 3. The van der Waals surface area contributed by atoms with Crippen molar-refractivity contribution in [1.82, 2.24) is 0 Å². The molecule has 0 saturated heterocycles. The highest BCUT2D eigenvalue weighted by molar-refractivity contribution is 5.53. The maximum atomic E-state index is 8.56. The molecule has 0 aromatic carbocycles. The van der Waals surface area contributed by atoms with Gasteiger partial charge in [-0.3, -0.25) is 5.26 Å². The van der Waals surface area contributed by atoms with Crippen LogP contribution in [-0.4, -0.2) is 44.6 Å². The molecule has 0 radical (unpaired) electrons. The standard InChI is InChI=1S/C6H14O2.2CH2O3/c1-2-3-4-5-6-8-7;2*2-1(3)4/h7H,2-6H2,1H3;2*(H2,2,3,4). The van der Waals surface area contributed by atoms with Crippen LogP contribution >= 0.6 is 0 Å². The molecule has 0 unspecified atom stereocenters. The summed E-state index contributed by atoms with van der Waals surface area (Å²) >= 11 is 0. The maximum absolute atomic E-state index is 8.56. The zero-order valence-corrected chi connectivity index (χ0v) is 9.00. The van der Waals surface area contributed by atoms with Gasteiger partial charge in [-0.25, -0.2) is 14.5 Å². The van der Waals surface area contributed by atoms with Crippen LogP contribution in [-0.2, 0) is 4.89 Å². The second-order valence-electron chi connectivity index (χ2n) is 2.46. The smallest absolute Gasteiger partial charge is 0.450 e. The topological polar surface area (TPSA) is 145 Å². The average molecular weight is 242 g/mol. The van der Waals surface area contributed by atoms with Crippen molar-refractivity contribution in [1.29, 1.82) is 0 Å². The third-order valence-electron chi connectivity index (χ3n) is 1.09. The molecule has 0 heterocycles. The van der Waals surface area contributed by atoms with Crippen LogP contribution in [0, 0.1) is 0 Å². The van der Waals surface area contributed by atoms with E-state index in [0.29, 0.717) is 6.61 Å². The minimum Gasteiger partial charge on any atom is -0.450 e. The second-order valence-corrected chi connectivity index (χ2v) is 2.46. The highest BCUT2D eigenvalue weighted by atomic mass is 17.1. The zero-order valence-electron chi connectivity index (χ0n) is 9.00. The van der Waals surface area contributed by atoms with Crippen LogP contribution in [0.15, 0.2) is 0 Å². The first-order valence-corrected chi connectivity index (χ1v) is 4.48. The SMILES string of the molecule is CCCCCCOO.O=C(O)O.O=C(O)O. The minimum absolute atomic E-state index is 0.486. The Morgan fingerprint density at radius 1 is 0.938 bits per heavy atom. The third-order valence-corrected chi connectivity index (χ3v) is 1.09. The summed E-state index contributed by atoms with van der Waals surface area (Å²) in [7, 11) is 0. The number of carbonyl (C=O) groups is 2. The highest BCUT2D eigenvalue weighted by Crippen LogP contribution is 1.97. The maximum Gasteiger partial charge on any atom is 0.503 e. The highest BCUT2D eigenvalue weighted by Gasteiger charge is 1.84. The Labute approximate surface area is 92.6 Å². The van der Waals surface area contributed by atoms with Crippen molar-refractivity contribution in [3.05, 3.63) is 0 Å². The minimum atomic E-state index is -1.83. The van der Waals surface area contributed by atoms with Crippen LogP contribution in [0.1, 0.15) is 32.6 Å². The van der Waals surface area contributed by atoms with Gasteiger partial charge in [0, 0.05) is 0 Å². The molecular weight excluding hydrogens is 224 g/mol. The fourth-order valence-corrected chi connectivity index (χ4v) is 0.593. The van der Waals surface area contributed by atoms with Crippen molar-refractivity contribution in [2.45, 2.75) is 32.6 Å². The molecule has 0 aromatic rings. The molecule has 0 bridgehead atoms. The summed E-state index contributed by atoms with van der Waals surface area (Å²) in [5.41, 5.74) is 0. The van der Waals surface area contributed by atoms with Crippen molar-refractivity contribution < 1.29 is 40.2 Å². The summed E-state index contributed by atoms with van der Waals surface area (Å²) in [4.78, 5) is 21.0. The lowest BCUT2D eigenvalue weighted by Gasteiger charge is -1.93. The molecule has 8 heteroatoms. The number of hydrogen-bond acceptors (Lipinski definition) is 4. The molecule has 0 aliphatic rings. The predicted molar refractivity (Wildman–Crippen MR) is 54.0 cm³/mol. The fourth-order valence-electron chi connectivity index (χ4n) is 0.593. The molecule has 0 aliphatic heterocycles. The Kier molecular flexibility index (Phi) is 23.8. The van der Waals surface area contributed by atoms with Gasteiger partial charge in [-0.1, -0.05) is 26.2 Å². The first kappa shape index (κ1) is 19.9. The van der Waals surface area contributed by atoms with Gasteiger partial charge in [0.2, 0.25) is 0 Å². The van der Waals surface area contributed by atoms with Crippen LogP contribution in [0.5, 0.6) is 0 Å². The van der Waals surface area contributed by atoms with Crippen molar-refractivity contribution in [3.63, 3.8) is 0 Å². The second kappa shape index (κ2) is 19.1. The molecule has 16 heavy (non-hydrogen) atoms. The van der Waals surface area contributed by atoms with Crippen molar-refractivity contribution in [3.8, 4) is 0 Å². The third kappa shape index (κ3) is 137. The summed E-state index contributed by atoms with van der Waals surface area (Å²) in [5, 5.41) is 35.8. The molecule has 0 fully saturated rings. The number of carboxylic acid groups (broad SMARTS) is 4. The summed E-state index contributed by atoms with van der Waals surface area (Å²) in [6.07, 6.45) is 0.941. The summed E-state index contributed by atoms with van der Waals surface area (Å²) in [6.45, 7) is 2.64. The van der Waals surface area contributed by atoms with E-state index in [-0.39, 0.29) is 0 Å². The molecule has 0 saturated carbocycles. The first-order chi connectivity index (χ1) is 7.38. The predicted octanol–water partition coefficient (Wildman–Crippen LogP) is 2.50. The molecule has 0 amide bonds. The monoisotopic (exact) mass is 242 g/mol. The Balaban J connectivity index is -0.000000179. The molecule has 5 N–H and O–H groups in total.